The first kappa shape index (κ1) is 10.1. The standard InChI is InChI=1S/C12H23N3/c1-10-7-13-8-12(10)15-6-5-14-4-2-3-11(14)9-15/h10-13H,2-9H2,1H3. The van der Waals surface area contributed by atoms with Crippen LogP contribution in [-0.2, 0) is 0 Å². The molecule has 3 nitrogen and oxygen atoms in total. The topological polar surface area (TPSA) is 18.5 Å². The molecule has 3 rings (SSSR count). The molecule has 3 aliphatic heterocycles. The van der Waals surface area contributed by atoms with E-state index >= 15 is 0 Å². The van der Waals surface area contributed by atoms with Crippen molar-refractivity contribution >= 4 is 0 Å². The Morgan fingerprint density at radius 1 is 1.07 bits per heavy atom. The molecule has 3 aliphatic rings. The van der Waals surface area contributed by atoms with E-state index in [1.165, 1.54) is 52.1 Å². The predicted molar refractivity (Wildman–Crippen MR) is 62.0 cm³/mol. The van der Waals surface area contributed by atoms with E-state index in [9.17, 15) is 0 Å². The van der Waals surface area contributed by atoms with Gasteiger partial charge >= 0.3 is 0 Å². The van der Waals surface area contributed by atoms with Crippen LogP contribution in [0.15, 0.2) is 0 Å². The van der Waals surface area contributed by atoms with Gasteiger partial charge in [-0.25, -0.2) is 0 Å². The highest BCUT2D eigenvalue weighted by atomic mass is 15.3. The van der Waals surface area contributed by atoms with Gasteiger partial charge in [0.05, 0.1) is 0 Å². The fourth-order valence-electron chi connectivity index (χ4n) is 3.60. The first-order valence-corrected chi connectivity index (χ1v) is 6.53. The summed E-state index contributed by atoms with van der Waals surface area (Å²) in [4.78, 5) is 5.45. The lowest BCUT2D eigenvalue weighted by atomic mass is 10.0. The van der Waals surface area contributed by atoms with E-state index in [4.69, 9.17) is 0 Å². The molecule has 3 heterocycles. The molecule has 0 aromatic rings. The Hall–Kier alpha value is -0.120. The van der Waals surface area contributed by atoms with Crippen LogP contribution < -0.4 is 5.32 Å². The van der Waals surface area contributed by atoms with Crippen LogP contribution in [0.4, 0.5) is 0 Å². The van der Waals surface area contributed by atoms with Crippen LogP contribution in [0.1, 0.15) is 19.8 Å². The van der Waals surface area contributed by atoms with Crippen molar-refractivity contribution in [3.05, 3.63) is 0 Å². The predicted octanol–water partition coefficient (Wildman–Crippen LogP) is 0.374. The van der Waals surface area contributed by atoms with E-state index in [0.717, 1.165) is 18.0 Å². The van der Waals surface area contributed by atoms with E-state index in [1.807, 2.05) is 0 Å². The number of hydrogen-bond donors (Lipinski definition) is 1. The van der Waals surface area contributed by atoms with Crippen LogP contribution in [0.3, 0.4) is 0 Å². The van der Waals surface area contributed by atoms with Gasteiger partial charge in [0.25, 0.3) is 0 Å². The van der Waals surface area contributed by atoms with E-state index in [0.29, 0.717) is 0 Å². The van der Waals surface area contributed by atoms with E-state index in [2.05, 4.69) is 22.0 Å². The third kappa shape index (κ3) is 1.81. The van der Waals surface area contributed by atoms with Crippen LogP contribution in [-0.4, -0.2) is 61.2 Å². The lowest BCUT2D eigenvalue weighted by molar-refractivity contribution is 0.0655. The van der Waals surface area contributed by atoms with Gasteiger partial charge < -0.3 is 5.32 Å². The van der Waals surface area contributed by atoms with Gasteiger partial charge in [-0.15, -0.1) is 0 Å². The van der Waals surface area contributed by atoms with Crippen molar-refractivity contribution in [1.29, 1.82) is 0 Å². The van der Waals surface area contributed by atoms with Gasteiger partial charge in [0, 0.05) is 38.3 Å². The number of piperazine rings is 1. The number of hydrogen-bond acceptors (Lipinski definition) is 3. The van der Waals surface area contributed by atoms with E-state index < -0.39 is 0 Å². The van der Waals surface area contributed by atoms with Crippen molar-refractivity contribution in [2.45, 2.75) is 31.8 Å². The number of nitrogens with one attached hydrogen (secondary N) is 1. The molecule has 3 unspecified atom stereocenters. The molecule has 3 fully saturated rings. The molecule has 3 heteroatoms. The molecule has 0 bridgehead atoms. The summed E-state index contributed by atoms with van der Waals surface area (Å²) in [5.74, 6) is 0.845. The van der Waals surface area contributed by atoms with Gasteiger partial charge in [-0.05, 0) is 31.8 Å². The van der Waals surface area contributed by atoms with Gasteiger partial charge in [-0.3, -0.25) is 9.80 Å². The van der Waals surface area contributed by atoms with Crippen molar-refractivity contribution in [1.82, 2.24) is 15.1 Å². The molecule has 1 N–H and O–H groups in total. The molecular weight excluding hydrogens is 186 g/mol. The number of nitrogens with zero attached hydrogens (tertiary/aromatic N) is 2. The Morgan fingerprint density at radius 3 is 2.73 bits per heavy atom. The molecule has 3 atom stereocenters. The van der Waals surface area contributed by atoms with Gasteiger partial charge in [-0.2, -0.15) is 0 Å². The SMILES string of the molecule is CC1CNCC1N1CCN2CCCC2C1. The monoisotopic (exact) mass is 209 g/mol. The van der Waals surface area contributed by atoms with Crippen molar-refractivity contribution < 1.29 is 0 Å². The summed E-state index contributed by atoms with van der Waals surface area (Å²) in [6.45, 7) is 10.1. The van der Waals surface area contributed by atoms with Crippen LogP contribution in [0, 0.1) is 5.92 Å². The minimum atomic E-state index is 0.813. The Kier molecular flexibility index (Phi) is 2.71. The molecule has 0 spiro atoms. The minimum Gasteiger partial charge on any atom is -0.315 e. The number of fused-ring (bicyclic) bond motifs is 1. The maximum atomic E-state index is 3.52. The van der Waals surface area contributed by atoms with Crippen LogP contribution in [0.2, 0.25) is 0 Å². The van der Waals surface area contributed by atoms with Crippen LogP contribution in [0.5, 0.6) is 0 Å². The Labute approximate surface area is 92.8 Å². The van der Waals surface area contributed by atoms with Crippen molar-refractivity contribution in [2.24, 2.45) is 5.92 Å². The molecule has 15 heavy (non-hydrogen) atoms. The highest BCUT2D eigenvalue weighted by Crippen LogP contribution is 2.25. The molecular formula is C12H23N3. The Morgan fingerprint density at radius 2 is 1.93 bits per heavy atom. The second-order valence-electron chi connectivity index (χ2n) is 5.53. The smallest absolute Gasteiger partial charge is 0.0259 e. The normalized spacial score (nSPS) is 43.4. The molecule has 0 aromatic carbocycles. The largest absolute Gasteiger partial charge is 0.315 e. The van der Waals surface area contributed by atoms with Crippen molar-refractivity contribution in [3.8, 4) is 0 Å². The lowest BCUT2D eigenvalue weighted by Gasteiger charge is -2.41. The lowest BCUT2D eigenvalue weighted by Crippen LogP contribution is -2.55. The second kappa shape index (κ2) is 4.04. The molecule has 0 radical (unpaired) electrons. The highest BCUT2D eigenvalue weighted by Gasteiger charge is 2.36. The summed E-state index contributed by atoms with van der Waals surface area (Å²) >= 11 is 0. The molecule has 0 amide bonds. The summed E-state index contributed by atoms with van der Waals surface area (Å²) in [5.41, 5.74) is 0. The van der Waals surface area contributed by atoms with E-state index in [1.54, 1.807) is 0 Å². The van der Waals surface area contributed by atoms with Crippen LogP contribution in [0.25, 0.3) is 0 Å². The number of rotatable bonds is 1. The van der Waals surface area contributed by atoms with Crippen molar-refractivity contribution in [3.63, 3.8) is 0 Å². The van der Waals surface area contributed by atoms with Gasteiger partial charge in [0.2, 0.25) is 0 Å². The molecule has 86 valence electrons. The minimum absolute atomic E-state index is 0.813. The summed E-state index contributed by atoms with van der Waals surface area (Å²) in [6.07, 6.45) is 2.86. The van der Waals surface area contributed by atoms with Crippen molar-refractivity contribution in [2.75, 3.05) is 39.3 Å². The van der Waals surface area contributed by atoms with Gasteiger partial charge in [0.1, 0.15) is 0 Å². The first-order chi connectivity index (χ1) is 7.34. The van der Waals surface area contributed by atoms with Crippen LogP contribution >= 0.6 is 0 Å². The zero-order chi connectivity index (χ0) is 10.3. The average Bonchev–Trinajstić information content (AvgIpc) is 2.84. The molecule has 0 saturated carbocycles. The molecule has 0 aliphatic carbocycles. The first-order valence-electron chi connectivity index (χ1n) is 6.53. The summed E-state index contributed by atoms with van der Waals surface area (Å²) < 4.78 is 0. The Balaban J connectivity index is 1.63. The summed E-state index contributed by atoms with van der Waals surface area (Å²) in [7, 11) is 0. The van der Waals surface area contributed by atoms with E-state index in [-0.39, 0.29) is 0 Å². The fourth-order valence-corrected chi connectivity index (χ4v) is 3.60. The summed E-state index contributed by atoms with van der Waals surface area (Å²) in [6, 6.07) is 1.69. The molecule has 3 saturated heterocycles. The quantitative estimate of drug-likeness (QED) is 0.673. The third-order valence-corrected chi connectivity index (χ3v) is 4.56. The van der Waals surface area contributed by atoms with Gasteiger partial charge in [0.15, 0.2) is 0 Å². The second-order valence-corrected chi connectivity index (χ2v) is 5.53. The third-order valence-electron chi connectivity index (χ3n) is 4.56. The summed E-state index contributed by atoms with van der Waals surface area (Å²) in [5, 5.41) is 3.52. The zero-order valence-electron chi connectivity index (χ0n) is 9.78. The fraction of sp³-hybridized carbons (Fsp3) is 1.00. The Bertz CT molecular complexity index is 231. The van der Waals surface area contributed by atoms with Gasteiger partial charge in [-0.1, -0.05) is 6.92 Å². The maximum absolute atomic E-state index is 3.52. The molecule has 0 aromatic heterocycles. The maximum Gasteiger partial charge on any atom is 0.0259 e. The zero-order valence-corrected chi connectivity index (χ0v) is 9.78. The average molecular weight is 209 g/mol. The highest BCUT2D eigenvalue weighted by molar-refractivity contribution is 4.93.